The zero-order valence-corrected chi connectivity index (χ0v) is 18.1. The van der Waals surface area contributed by atoms with Gasteiger partial charge < -0.3 is 9.64 Å². The molecule has 0 aliphatic rings. The summed E-state index contributed by atoms with van der Waals surface area (Å²) in [7, 11) is 1.65. The predicted molar refractivity (Wildman–Crippen MR) is 119 cm³/mol. The van der Waals surface area contributed by atoms with Crippen molar-refractivity contribution in [3.05, 3.63) is 54.1 Å². The van der Waals surface area contributed by atoms with E-state index in [1.807, 2.05) is 48.5 Å². The van der Waals surface area contributed by atoms with Crippen LogP contribution in [0.1, 0.15) is 24.2 Å². The molecule has 7 heteroatoms. The molecule has 1 heterocycles. The number of methoxy groups -OCH3 is 1. The van der Waals surface area contributed by atoms with Crippen LogP contribution in [0.3, 0.4) is 0 Å². The van der Waals surface area contributed by atoms with Crippen molar-refractivity contribution in [1.82, 2.24) is 9.88 Å². The number of halogens is 1. The number of thiazole rings is 1. The van der Waals surface area contributed by atoms with E-state index >= 15 is 0 Å². The molecule has 28 heavy (non-hydrogen) atoms. The molecule has 0 radical (unpaired) electrons. The Balaban J connectivity index is 0.00000280. The third-order valence-corrected chi connectivity index (χ3v) is 5.66. The Labute approximate surface area is 176 Å². The fourth-order valence-electron chi connectivity index (χ4n) is 2.94. The Kier molecular flexibility index (Phi) is 8.23. The van der Waals surface area contributed by atoms with Crippen LogP contribution in [-0.4, -0.2) is 49.1 Å². The molecule has 0 fully saturated rings. The van der Waals surface area contributed by atoms with Gasteiger partial charge in [-0.2, -0.15) is 0 Å². The van der Waals surface area contributed by atoms with Gasteiger partial charge in [0.1, 0.15) is 5.75 Å². The first-order chi connectivity index (χ1) is 13.2. The minimum absolute atomic E-state index is 0. The number of aromatic nitrogens is 1. The Morgan fingerprint density at radius 1 is 1.07 bits per heavy atom. The molecule has 0 aliphatic carbocycles. The zero-order chi connectivity index (χ0) is 19.2. The normalized spacial score (nSPS) is 10.7. The van der Waals surface area contributed by atoms with Gasteiger partial charge in [0.05, 0.1) is 17.3 Å². The predicted octanol–water partition coefficient (Wildman–Crippen LogP) is 4.72. The van der Waals surface area contributed by atoms with Crippen molar-refractivity contribution in [1.29, 1.82) is 0 Å². The number of nitrogens with zero attached hydrogens (tertiary/aromatic N) is 3. The first-order valence-electron chi connectivity index (χ1n) is 9.20. The highest BCUT2D eigenvalue weighted by Gasteiger charge is 2.21. The summed E-state index contributed by atoms with van der Waals surface area (Å²) in [6.07, 6.45) is 0. The Hall–Kier alpha value is -2.15. The van der Waals surface area contributed by atoms with Crippen LogP contribution in [0, 0.1) is 0 Å². The van der Waals surface area contributed by atoms with E-state index in [4.69, 9.17) is 9.72 Å². The van der Waals surface area contributed by atoms with Gasteiger partial charge in [0, 0.05) is 18.7 Å². The molecule has 2 aromatic carbocycles. The number of amides is 1. The number of benzene rings is 2. The number of likely N-dealkylation sites (N-methyl/N-ethyl adjacent to an activating group) is 1. The standard InChI is InChI=1S/C21H25N3O2S.ClH/c1-4-23(5-2)13-14-24(20(25)16-9-7-6-8-10-16)21-22-18-12-11-17(26-3)15-19(18)27-21;/h6-12,15H,4-5,13-14H2,1-3H3;1H. The lowest BCUT2D eigenvalue weighted by atomic mass is 10.2. The summed E-state index contributed by atoms with van der Waals surface area (Å²) in [6, 6.07) is 15.2. The quantitative estimate of drug-likeness (QED) is 0.530. The number of anilines is 1. The van der Waals surface area contributed by atoms with E-state index in [0.29, 0.717) is 12.1 Å². The lowest BCUT2D eigenvalue weighted by Crippen LogP contribution is -2.38. The summed E-state index contributed by atoms with van der Waals surface area (Å²) >= 11 is 1.52. The van der Waals surface area contributed by atoms with E-state index in [1.165, 1.54) is 11.3 Å². The largest absolute Gasteiger partial charge is 0.497 e. The molecule has 3 aromatic rings. The minimum atomic E-state index is -0.0197. The van der Waals surface area contributed by atoms with Gasteiger partial charge >= 0.3 is 0 Å². The average molecular weight is 420 g/mol. The third kappa shape index (κ3) is 5.01. The molecule has 0 aliphatic heterocycles. The minimum Gasteiger partial charge on any atom is -0.497 e. The molecule has 3 rings (SSSR count). The van der Waals surface area contributed by atoms with Gasteiger partial charge in [0.25, 0.3) is 5.91 Å². The van der Waals surface area contributed by atoms with Crippen molar-refractivity contribution in [3.63, 3.8) is 0 Å². The van der Waals surface area contributed by atoms with Crippen molar-refractivity contribution in [2.24, 2.45) is 0 Å². The molecule has 5 nitrogen and oxygen atoms in total. The van der Waals surface area contributed by atoms with E-state index in [2.05, 4.69) is 18.7 Å². The fraction of sp³-hybridized carbons (Fsp3) is 0.333. The van der Waals surface area contributed by atoms with Crippen LogP contribution < -0.4 is 9.64 Å². The Morgan fingerprint density at radius 2 is 1.79 bits per heavy atom. The topological polar surface area (TPSA) is 45.7 Å². The summed E-state index contributed by atoms with van der Waals surface area (Å²) in [5, 5.41) is 0.722. The highest BCUT2D eigenvalue weighted by Crippen LogP contribution is 2.32. The summed E-state index contributed by atoms with van der Waals surface area (Å²) in [5.41, 5.74) is 1.55. The highest BCUT2D eigenvalue weighted by molar-refractivity contribution is 7.22. The molecule has 0 N–H and O–H groups in total. The molecule has 0 bridgehead atoms. The molecule has 0 spiro atoms. The number of carbonyl (C=O) groups excluding carboxylic acids is 1. The first kappa shape index (κ1) is 22.1. The number of rotatable bonds is 8. The molecule has 0 atom stereocenters. The maximum Gasteiger partial charge on any atom is 0.260 e. The van der Waals surface area contributed by atoms with Crippen LogP contribution in [0.4, 0.5) is 5.13 Å². The molecule has 150 valence electrons. The average Bonchev–Trinajstić information content (AvgIpc) is 3.14. The third-order valence-electron chi connectivity index (χ3n) is 4.62. The monoisotopic (exact) mass is 419 g/mol. The van der Waals surface area contributed by atoms with Gasteiger partial charge in [-0.05, 0) is 43.4 Å². The number of carbonyl (C=O) groups is 1. The van der Waals surface area contributed by atoms with Gasteiger partial charge in [0.15, 0.2) is 5.13 Å². The molecule has 1 aromatic heterocycles. The van der Waals surface area contributed by atoms with Gasteiger partial charge in [-0.25, -0.2) is 4.98 Å². The van der Waals surface area contributed by atoms with Crippen molar-refractivity contribution in [2.45, 2.75) is 13.8 Å². The second kappa shape index (κ2) is 10.4. The zero-order valence-electron chi connectivity index (χ0n) is 16.4. The van der Waals surface area contributed by atoms with Crippen LogP contribution in [0.5, 0.6) is 5.75 Å². The van der Waals surface area contributed by atoms with Gasteiger partial charge in [0.2, 0.25) is 0 Å². The van der Waals surface area contributed by atoms with Crippen LogP contribution in [-0.2, 0) is 0 Å². The highest BCUT2D eigenvalue weighted by atomic mass is 35.5. The van der Waals surface area contributed by atoms with Crippen molar-refractivity contribution in [2.75, 3.05) is 38.2 Å². The van der Waals surface area contributed by atoms with E-state index in [-0.39, 0.29) is 18.3 Å². The molecular formula is C21H26ClN3O2S. The summed E-state index contributed by atoms with van der Waals surface area (Å²) in [6.45, 7) is 7.60. The number of hydrogen-bond donors (Lipinski definition) is 0. The van der Waals surface area contributed by atoms with Crippen molar-refractivity contribution < 1.29 is 9.53 Å². The lowest BCUT2D eigenvalue weighted by molar-refractivity contribution is 0.0984. The second-order valence-corrected chi connectivity index (χ2v) is 7.19. The smallest absolute Gasteiger partial charge is 0.260 e. The maximum absolute atomic E-state index is 13.2. The molecule has 1 amide bonds. The summed E-state index contributed by atoms with van der Waals surface area (Å²) < 4.78 is 6.32. The lowest BCUT2D eigenvalue weighted by Gasteiger charge is -2.24. The van der Waals surface area contributed by atoms with E-state index in [0.717, 1.165) is 40.7 Å². The van der Waals surface area contributed by atoms with Crippen molar-refractivity contribution >= 4 is 45.0 Å². The number of hydrogen-bond acceptors (Lipinski definition) is 5. The van der Waals surface area contributed by atoms with E-state index in [9.17, 15) is 4.79 Å². The molecule has 0 unspecified atom stereocenters. The first-order valence-corrected chi connectivity index (χ1v) is 10.0. The second-order valence-electron chi connectivity index (χ2n) is 6.18. The van der Waals surface area contributed by atoms with Gasteiger partial charge in [-0.3, -0.25) is 9.69 Å². The van der Waals surface area contributed by atoms with E-state index in [1.54, 1.807) is 12.0 Å². The van der Waals surface area contributed by atoms with Crippen LogP contribution in [0.2, 0.25) is 0 Å². The maximum atomic E-state index is 13.2. The van der Waals surface area contributed by atoms with Crippen molar-refractivity contribution in [3.8, 4) is 5.75 Å². The summed E-state index contributed by atoms with van der Waals surface area (Å²) in [5.74, 6) is 0.774. The summed E-state index contributed by atoms with van der Waals surface area (Å²) in [4.78, 5) is 22.0. The Morgan fingerprint density at radius 3 is 2.43 bits per heavy atom. The molecule has 0 saturated carbocycles. The van der Waals surface area contributed by atoms with Crippen LogP contribution in [0.25, 0.3) is 10.2 Å². The molecule has 0 saturated heterocycles. The molecular weight excluding hydrogens is 394 g/mol. The number of ether oxygens (including phenoxy) is 1. The van der Waals surface area contributed by atoms with Gasteiger partial charge in [-0.1, -0.05) is 43.4 Å². The fourth-order valence-corrected chi connectivity index (χ4v) is 3.96. The Bertz CT molecular complexity index is 897. The van der Waals surface area contributed by atoms with Crippen LogP contribution >= 0.6 is 23.7 Å². The van der Waals surface area contributed by atoms with Crippen LogP contribution in [0.15, 0.2) is 48.5 Å². The SMILES string of the molecule is CCN(CC)CCN(C(=O)c1ccccc1)c1nc2ccc(OC)cc2s1.Cl. The van der Waals surface area contributed by atoms with E-state index < -0.39 is 0 Å². The van der Waals surface area contributed by atoms with Gasteiger partial charge in [-0.15, -0.1) is 12.4 Å². The number of fused-ring (bicyclic) bond motifs is 1.